The van der Waals surface area contributed by atoms with Gasteiger partial charge in [0.25, 0.3) is 5.91 Å². The lowest BCUT2D eigenvalue weighted by Gasteiger charge is -2.29. The number of hydrogen-bond acceptors (Lipinski definition) is 5. The summed E-state index contributed by atoms with van der Waals surface area (Å²) in [4.78, 5) is 21.3. The van der Waals surface area contributed by atoms with Crippen molar-refractivity contribution in [3.05, 3.63) is 22.5 Å². The number of aromatic nitrogens is 2. The zero-order valence-electron chi connectivity index (χ0n) is 10.7. The van der Waals surface area contributed by atoms with Crippen LogP contribution in [0.5, 0.6) is 0 Å². The van der Waals surface area contributed by atoms with Crippen LogP contribution in [0.3, 0.4) is 0 Å². The van der Waals surface area contributed by atoms with Crippen LogP contribution in [0.25, 0.3) is 15.3 Å². The Kier molecular flexibility index (Phi) is 2.80. The molecule has 1 aliphatic heterocycles. The van der Waals surface area contributed by atoms with Crippen molar-refractivity contribution in [2.75, 3.05) is 13.1 Å². The van der Waals surface area contributed by atoms with Gasteiger partial charge in [0.15, 0.2) is 4.96 Å². The minimum atomic E-state index is -0.387. The van der Waals surface area contributed by atoms with Crippen molar-refractivity contribution in [1.82, 2.24) is 14.3 Å². The SMILES string of the molecule is O=C(c1cc2c(nc3sccn32)s1)N1CCCC(O)C1. The number of β-amino-alcohol motifs (C(OH)–C–C–N with tert-alkyl or cyclic N) is 1. The Morgan fingerprint density at radius 1 is 1.50 bits per heavy atom. The quantitative estimate of drug-likeness (QED) is 0.750. The molecular formula is C13H13N3O2S2. The molecule has 0 aliphatic carbocycles. The highest BCUT2D eigenvalue weighted by Crippen LogP contribution is 2.29. The third kappa shape index (κ3) is 1.85. The molecule has 0 aromatic carbocycles. The standard InChI is InChI=1S/C13H13N3O2S2/c17-8-2-1-3-15(7-8)12(18)10-6-9-11(20-10)14-13-16(9)4-5-19-13/h4-6,8,17H,1-3,7H2. The summed E-state index contributed by atoms with van der Waals surface area (Å²) in [6.07, 6.45) is 3.24. The number of likely N-dealkylation sites (tertiary alicyclic amines) is 1. The molecule has 1 N–H and O–H groups in total. The molecule has 1 amide bonds. The van der Waals surface area contributed by atoms with Crippen molar-refractivity contribution >= 4 is 43.9 Å². The van der Waals surface area contributed by atoms with Crippen molar-refractivity contribution in [1.29, 1.82) is 0 Å². The Bertz CT molecular complexity index is 788. The Morgan fingerprint density at radius 2 is 2.40 bits per heavy atom. The van der Waals surface area contributed by atoms with Gasteiger partial charge in [0.1, 0.15) is 4.83 Å². The first-order chi connectivity index (χ1) is 9.72. The molecule has 0 spiro atoms. The predicted molar refractivity (Wildman–Crippen MR) is 79.6 cm³/mol. The van der Waals surface area contributed by atoms with Gasteiger partial charge < -0.3 is 10.0 Å². The van der Waals surface area contributed by atoms with Crippen LogP contribution in [0.1, 0.15) is 22.5 Å². The minimum Gasteiger partial charge on any atom is -0.391 e. The summed E-state index contributed by atoms with van der Waals surface area (Å²) < 4.78 is 2.01. The molecule has 3 aromatic heterocycles. The second-order valence-electron chi connectivity index (χ2n) is 5.02. The van der Waals surface area contributed by atoms with Gasteiger partial charge in [-0.05, 0) is 18.9 Å². The van der Waals surface area contributed by atoms with Crippen molar-refractivity contribution in [2.45, 2.75) is 18.9 Å². The van der Waals surface area contributed by atoms with E-state index in [1.165, 1.54) is 11.3 Å². The van der Waals surface area contributed by atoms with Crippen LogP contribution in [0.2, 0.25) is 0 Å². The van der Waals surface area contributed by atoms with Crippen molar-refractivity contribution in [3.8, 4) is 0 Å². The van der Waals surface area contributed by atoms with Gasteiger partial charge in [-0.25, -0.2) is 4.98 Å². The van der Waals surface area contributed by atoms with E-state index in [0.717, 1.165) is 34.7 Å². The number of aliphatic hydroxyl groups is 1. The van der Waals surface area contributed by atoms with Crippen LogP contribution in [0.15, 0.2) is 17.6 Å². The number of thiazole rings is 1. The third-order valence-electron chi connectivity index (χ3n) is 3.63. The number of thiophene rings is 1. The minimum absolute atomic E-state index is 0.00993. The molecule has 1 atom stereocenters. The molecule has 1 fully saturated rings. The van der Waals surface area contributed by atoms with E-state index < -0.39 is 0 Å². The number of carbonyl (C=O) groups is 1. The van der Waals surface area contributed by atoms with Gasteiger partial charge in [-0.3, -0.25) is 9.20 Å². The fourth-order valence-corrected chi connectivity index (χ4v) is 4.42. The summed E-state index contributed by atoms with van der Waals surface area (Å²) in [5.41, 5.74) is 0.993. The highest BCUT2D eigenvalue weighted by Gasteiger charge is 2.25. The number of amides is 1. The molecule has 1 saturated heterocycles. The Balaban J connectivity index is 1.70. The number of piperidine rings is 1. The molecule has 104 valence electrons. The first-order valence-electron chi connectivity index (χ1n) is 6.55. The molecule has 4 heterocycles. The Labute approximate surface area is 123 Å². The van der Waals surface area contributed by atoms with E-state index in [4.69, 9.17) is 0 Å². The fourth-order valence-electron chi connectivity index (χ4n) is 2.65. The van der Waals surface area contributed by atoms with Crippen molar-refractivity contribution < 1.29 is 9.90 Å². The van der Waals surface area contributed by atoms with Gasteiger partial charge in [-0.2, -0.15) is 0 Å². The first kappa shape index (κ1) is 12.3. The van der Waals surface area contributed by atoms with Gasteiger partial charge in [0.05, 0.1) is 16.5 Å². The largest absolute Gasteiger partial charge is 0.391 e. The number of carbonyl (C=O) groups excluding carboxylic acids is 1. The highest BCUT2D eigenvalue weighted by atomic mass is 32.1. The first-order valence-corrected chi connectivity index (χ1v) is 8.24. The van der Waals surface area contributed by atoms with E-state index in [-0.39, 0.29) is 12.0 Å². The van der Waals surface area contributed by atoms with Gasteiger partial charge in [-0.1, -0.05) is 0 Å². The Morgan fingerprint density at radius 3 is 3.25 bits per heavy atom. The Hall–Kier alpha value is -1.44. The number of nitrogens with zero attached hydrogens (tertiary/aromatic N) is 3. The number of imidazole rings is 1. The molecule has 0 saturated carbocycles. The topological polar surface area (TPSA) is 57.8 Å². The van der Waals surface area contributed by atoms with Crippen LogP contribution < -0.4 is 0 Å². The van der Waals surface area contributed by atoms with Crippen LogP contribution >= 0.6 is 22.7 Å². The smallest absolute Gasteiger partial charge is 0.264 e. The second-order valence-corrected chi connectivity index (χ2v) is 6.92. The molecule has 0 bridgehead atoms. The zero-order valence-corrected chi connectivity index (χ0v) is 12.3. The van der Waals surface area contributed by atoms with Gasteiger partial charge >= 0.3 is 0 Å². The van der Waals surface area contributed by atoms with Crippen LogP contribution in [-0.2, 0) is 0 Å². The van der Waals surface area contributed by atoms with E-state index in [9.17, 15) is 9.90 Å². The predicted octanol–water partition coefficient (Wildman–Crippen LogP) is 2.21. The summed E-state index contributed by atoms with van der Waals surface area (Å²) in [5.74, 6) is 0.00993. The van der Waals surface area contributed by atoms with Crippen LogP contribution in [0, 0.1) is 0 Å². The molecular weight excluding hydrogens is 294 g/mol. The second kappa shape index (κ2) is 4.54. The normalized spacial score (nSPS) is 20.1. The van der Waals surface area contributed by atoms with Gasteiger partial charge in [0, 0.05) is 24.7 Å². The maximum Gasteiger partial charge on any atom is 0.264 e. The number of hydrogen-bond donors (Lipinski definition) is 1. The molecule has 0 radical (unpaired) electrons. The number of rotatable bonds is 1. The van der Waals surface area contributed by atoms with E-state index in [0.29, 0.717) is 11.4 Å². The van der Waals surface area contributed by atoms with Crippen molar-refractivity contribution in [3.63, 3.8) is 0 Å². The monoisotopic (exact) mass is 307 g/mol. The summed E-state index contributed by atoms with van der Waals surface area (Å²) >= 11 is 3.02. The highest BCUT2D eigenvalue weighted by molar-refractivity contribution is 7.21. The number of fused-ring (bicyclic) bond motifs is 3. The summed E-state index contributed by atoms with van der Waals surface area (Å²) in [7, 11) is 0. The molecule has 1 aliphatic rings. The molecule has 5 nitrogen and oxygen atoms in total. The van der Waals surface area contributed by atoms with Gasteiger partial charge in [0.2, 0.25) is 0 Å². The van der Waals surface area contributed by atoms with Gasteiger partial charge in [-0.15, -0.1) is 22.7 Å². The molecule has 7 heteroatoms. The van der Waals surface area contributed by atoms with Crippen LogP contribution in [0.4, 0.5) is 0 Å². The number of aliphatic hydroxyl groups excluding tert-OH is 1. The molecule has 1 unspecified atom stereocenters. The zero-order chi connectivity index (χ0) is 13.7. The molecule has 4 rings (SSSR count). The van der Waals surface area contributed by atoms with E-state index in [1.807, 2.05) is 22.0 Å². The van der Waals surface area contributed by atoms with Crippen molar-refractivity contribution in [2.24, 2.45) is 0 Å². The van der Waals surface area contributed by atoms with E-state index in [1.54, 1.807) is 16.2 Å². The molecule has 3 aromatic rings. The lowest BCUT2D eigenvalue weighted by atomic mass is 10.1. The maximum absolute atomic E-state index is 12.5. The summed E-state index contributed by atoms with van der Waals surface area (Å²) in [5, 5.41) is 11.7. The molecule has 20 heavy (non-hydrogen) atoms. The fraction of sp³-hybridized carbons (Fsp3) is 0.385. The summed E-state index contributed by atoms with van der Waals surface area (Å²) in [6, 6.07) is 1.91. The lowest BCUT2D eigenvalue weighted by molar-refractivity contribution is 0.0478. The lowest BCUT2D eigenvalue weighted by Crippen LogP contribution is -2.41. The van der Waals surface area contributed by atoms with Crippen LogP contribution in [-0.4, -0.2) is 44.5 Å². The third-order valence-corrected chi connectivity index (χ3v) is 5.40. The average molecular weight is 307 g/mol. The summed E-state index contributed by atoms with van der Waals surface area (Å²) in [6.45, 7) is 1.17. The average Bonchev–Trinajstić information content (AvgIpc) is 3.08. The van der Waals surface area contributed by atoms with E-state index >= 15 is 0 Å². The van der Waals surface area contributed by atoms with E-state index in [2.05, 4.69) is 4.98 Å². The maximum atomic E-state index is 12.5.